The van der Waals surface area contributed by atoms with Gasteiger partial charge < -0.3 is 5.11 Å². The van der Waals surface area contributed by atoms with Gasteiger partial charge in [0.15, 0.2) is 5.60 Å². The van der Waals surface area contributed by atoms with Crippen molar-refractivity contribution in [2.75, 3.05) is 0 Å². The maximum absolute atomic E-state index is 11.1. The van der Waals surface area contributed by atoms with Gasteiger partial charge in [0.1, 0.15) is 12.7 Å². The number of nitrogens with zero attached hydrogens (tertiary/aromatic N) is 3. The molecule has 4 nitrogen and oxygen atoms in total. The summed E-state index contributed by atoms with van der Waals surface area (Å²) in [7, 11) is 0. The van der Waals surface area contributed by atoms with Gasteiger partial charge in [0, 0.05) is 22.0 Å². The van der Waals surface area contributed by atoms with E-state index in [1.54, 1.807) is 18.2 Å². The van der Waals surface area contributed by atoms with Gasteiger partial charge in [-0.1, -0.05) is 60.9 Å². The zero-order chi connectivity index (χ0) is 16.7. The van der Waals surface area contributed by atoms with Crippen molar-refractivity contribution in [3.8, 4) is 11.8 Å². The van der Waals surface area contributed by atoms with Gasteiger partial charge in [0.05, 0.1) is 6.54 Å². The molecule has 0 amide bonds. The van der Waals surface area contributed by atoms with E-state index in [1.165, 1.54) is 17.3 Å². The van der Waals surface area contributed by atoms with E-state index in [-0.39, 0.29) is 6.54 Å². The molecule has 1 aromatic heterocycles. The van der Waals surface area contributed by atoms with E-state index >= 15 is 0 Å². The van der Waals surface area contributed by atoms with Crippen molar-refractivity contribution in [1.82, 2.24) is 14.8 Å². The minimum Gasteiger partial charge on any atom is -0.372 e. The summed E-state index contributed by atoms with van der Waals surface area (Å²) in [6, 6.07) is 4.99. The minimum absolute atomic E-state index is 0.148. The second-order valence-corrected chi connectivity index (χ2v) is 6.18. The SMILES string of the molecule is CCCCCC#CC(O)(Cn1cncn1)c1ccc(Cl)cc1Cl. The maximum Gasteiger partial charge on any atom is 0.172 e. The fraction of sp³-hybridized carbons (Fsp3) is 0.412. The van der Waals surface area contributed by atoms with Crippen LogP contribution >= 0.6 is 23.2 Å². The first-order chi connectivity index (χ1) is 11.0. The lowest BCUT2D eigenvalue weighted by molar-refractivity contribution is 0.0759. The van der Waals surface area contributed by atoms with Crippen molar-refractivity contribution in [2.45, 2.75) is 44.8 Å². The Hall–Kier alpha value is -1.54. The lowest BCUT2D eigenvalue weighted by Gasteiger charge is -2.24. The molecule has 0 saturated heterocycles. The summed E-state index contributed by atoms with van der Waals surface area (Å²) < 4.78 is 1.53. The molecule has 0 bridgehead atoms. The van der Waals surface area contributed by atoms with Gasteiger partial charge >= 0.3 is 0 Å². The van der Waals surface area contributed by atoms with Crippen LogP contribution in [0.2, 0.25) is 10.0 Å². The molecule has 1 N–H and O–H groups in total. The lowest BCUT2D eigenvalue weighted by atomic mass is 9.94. The number of rotatable bonds is 6. The number of unbranched alkanes of at least 4 members (excludes halogenated alkanes) is 3. The summed E-state index contributed by atoms with van der Waals surface area (Å²) in [5, 5.41) is 16.0. The number of hydrogen-bond acceptors (Lipinski definition) is 3. The lowest BCUT2D eigenvalue weighted by Crippen LogP contribution is -2.30. The molecule has 1 heterocycles. The molecule has 6 heteroatoms. The first-order valence-electron chi connectivity index (χ1n) is 7.55. The van der Waals surface area contributed by atoms with Crippen LogP contribution in [0.15, 0.2) is 30.9 Å². The number of hydrogen-bond donors (Lipinski definition) is 1. The highest BCUT2D eigenvalue weighted by atomic mass is 35.5. The van der Waals surface area contributed by atoms with Gasteiger partial charge in [-0.2, -0.15) is 5.10 Å². The second-order valence-electron chi connectivity index (χ2n) is 5.34. The monoisotopic (exact) mass is 351 g/mol. The van der Waals surface area contributed by atoms with Crippen LogP contribution in [-0.4, -0.2) is 19.9 Å². The fourth-order valence-corrected chi connectivity index (χ4v) is 2.80. The minimum atomic E-state index is -1.44. The Morgan fingerprint density at radius 2 is 2.13 bits per heavy atom. The Balaban J connectivity index is 2.30. The molecular weight excluding hydrogens is 333 g/mol. The van der Waals surface area contributed by atoms with Crippen molar-refractivity contribution < 1.29 is 5.11 Å². The smallest absolute Gasteiger partial charge is 0.172 e. The average molecular weight is 352 g/mol. The third kappa shape index (κ3) is 4.97. The first-order valence-corrected chi connectivity index (χ1v) is 8.31. The predicted molar refractivity (Wildman–Crippen MR) is 92.3 cm³/mol. The molecule has 23 heavy (non-hydrogen) atoms. The summed E-state index contributed by atoms with van der Waals surface area (Å²) in [5.74, 6) is 6.02. The standard InChI is InChI=1S/C17H19Cl2N3O/c1-2-3-4-5-6-9-17(23,11-22-13-20-12-21-22)15-8-7-14(18)10-16(15)19/h7-8,10,12-13,23H,2-5,11H2,1H3. The number of aliphatic hydroxyl groups is 1. The van der Waals surface area contributed by atoms with Crippen LogP contribution in [0.5, 0.6) is 0 Å². The maximum atomic E-state index is 11.1. The molecule has 0 aliphatic carbocycles. The normalized spacial score (nSPS) is 13.2. The van der Waals surface area contributed by atoms with E-state index in [2.05, 4.69) is 28.8 Å². The van der Waals surface area contributed by atoms with Crippen LogP contribution in [0.3, 0.4) is 0 Å². The first kappa shape index (κ1) is 17.8. The van der Waals surface area contributed by atoms with Crippen LogP contribution in [0.4, 0.5) is 0 Å². The molecule has 2 rings (SSSR count). The Labute approximate surface area is 146 Å². The van der Waals surface area contributed by atoms with E-state index in [1.807, 2.05) is 0 Å². The molecule has 1 aromatic carbocycles. The predicted octanol–water partition coefficient (Wildman–Crippen LogP) is 4.06. The van der Waals surface area contributed by atoms with Crippen LogP contribution in [-0.2, 0) is 12.1 Å². The summed E-state index contributed by atoms with van der Waals surface area (Å²) in [6.07, 6.45) is 6.95. The van der Waals surface area contributed by atoms with Crippen molar-refractivity contribution in [2.24, 2.45) is 0 Å². The van der Waals surface area contributed by atoms with Gasteiger partial charge in [-0.15, -0.1) is 0 Å². The summed E-state index contributed by atoms with van der Waals surface area (Å²) >= 11 is 12.2. The van der Waals surface area contributed by atoms with Crippen molar-refractivity contribution in [1.29, 1.82) is 0 Å². The number of halogens is 2. The van der Waals surface area contributed by atoms with Crippen LogP contribution in [0, 0.1) is 11.8 Å². The Kier molecular flexibility index (Phi) is 6.47. The molecule has 0 spiro atoms. The van der Waals surface area contributed by atoms with Crippen molar-refractivity contribution in [3.05, 3.63) is 46.5 Å². The number of aromatic nitrogens is 3. The van der Waals surface area contributed by atoms with Gasteiger partial charge in [-0.3, -0.25) is 0 Å². The van der Waals surface area contributed by atoms with E-state index in [4.69, 9.17) is 23.2 Å². The molecule has 2 aromatic rings. The third-order valence-electron chi connectivity index (χ3n) is 3.43. The Morgan fingerprint density at radius 1 is 1.30 bits per heavy atom. The molecule has 1 unspecified atom stereocenters. The Morgan fingerprint density at radius 3 is 2.78 bits per heavy atom. The third-order valence-corrected chi connectivity index (χ3v) is 3.98. The van der Waals surface area contributed by atoms with E-state index in [0.717, 1.165) is 25.7 Å². The van der Waals surface area contributed by atoms with E-state index in [0.29, 0.717) is 15.6 Å². The largest absolute Gasteiger partial charge is 0.372 e. The van der Waals surface area contributed by atoms with Gasteiger partial charge in [0.25, 0.3) is 0 Å². The molecular formula is C17H19Cl2N3O. The van der Waals surface area contributed by atoms with E-state index in [9.17, 15) is 5.11 Å². The molecule has 0 fully saturated rings. The zero-order valence-corrected chi connectivity index (χ0v) is 14.5. The fourth-order valence-electron chi connectivity index (χ4n) is 2.24. The molecule has 0 radical (unpaired) electrons. The molecule has 0 aliphatic heterocycles. The summed E-state index contributed by atoms with van der Waals surface area (Å²) in [4.78, 5) is 3.90. The zero-order valence-electron chi connectivity index (χ0n) is 13.0. The topological polar surface area (TPSA) is 50.9 Å². The highest BCUT2D eigenvalue weighted by molar-refractivity contribution is 6.35. The van der Waals surface area contributed by atoms with Crippen molar-refractivity contribution in [3.63, 3.8) is 0 Å². The molecule has 0 saturated carbocycles. The number of benzene rings is 1. The van der Waals surface area contributed by atoms with E-state index < -0.39 is 5.60 Å². The van der Waals surface area contributed by atoms with Gasteiger partial charge in [0.2, 0.25) is 0 Å². The van der Waals surface area contributed by atoms with Crippen molar-refractivity contribution >= 4 is 23.2 Å². The van der Waals surface area contributed by atoms with Gasteiger partial charge in [-0.05, 0) is 18.6 Å². The van der Waals surface area contributed by atoms with Crippen LogP contribution in [0.1, 0.15) is 38.2 Å². The summed E-state index contributed by atoms with van der Waals surface area (Å²) in [5.41, 5.74) is -0.927. The summed E-state index contributed by atoms with van der Waals surface area (Å²) in [6.45, 7) is 2.29. The molecule has 1 atom stereocenters. The highest BCUT2D eigenvalue weighted by Crippen LogP contribution is 2.31. The average Bonchev–Trinajstić information content (AvgIpc) is 2.99. The molecule has 122 valence electrons. The quantitative estimate of drug-likeness (QED) is 0.630. The van der Waals surface area contributed by atoms with Crippen LogP contribution < -0.4 is 0 Å². The van der Waals surface area contributed by atoms with Crippen LogP contribution in [0.25, 0.3) is 0 Å². The highest BCUT2D eigenvalue weighted by Gasteiger charge is 2.30. The second kappa shape index (κ2) is 8.35. The van der Waals surface area contributed by atoms with Gasteiger partial charge in [-0.25, -0.2) is 9.67 Å². The molecule has 0 aliphatic rings. The Bertz CT molecular complexity index is 692.